The van der Waals surface area contributed by atoms with Crippen LogP contribution in [0.25, 0.3) is 0 Å². The first-order valence-electron chi connectivity index (χ1n) is 7.85. The number of piperazine rings is 1. The van der Waals surface area contributed by atoms with Gasteiger partial charge < -0.3 is 10.2 Å². The highest BCUT2D eigenvalue weighted by molar-refractivity contribution is 6.31. The highest BCUT2D eigenvalue weighted by atomic mass is 35.5. The van der Waals surface area contributed by atoms with Gasteiger partial charge in [0, 0.05) is 31.7 Å². The summed E-state index contributed by atoms with van der Waals surface area (Å²) in [5, 5.41) is 11.5. The molecule has 0 saturated carbocycles. The van der Waals surface area contributed by atoms with Crippen molar-refractivity contribution in [2.24, 2.45) is 0 Å². The molecule has 0 bridgehead atoms. The van der Waals surface area contributed by atoms with Gasteiger partial charge in [-0.15, -0.1) is 10.2 Å². The predicted octanol–water partition coefficient (Wildman–Crippen LogP) is 1.98. The molecule has 0 radical (unpaired) electrons. The van der Waals surface area contributed by atoms with Crippen LogP contribution in [0.2, 0.25) is 5.02 Å². The SMILES string of the molecule is CNC(=O)c1ccc(N2CCN(C)C(c3ccccc3Cl)C2)nn1. The third kappa shape index (κ3) is 3.34. The van der Waals surface area contributed by atoms with Gasteiger partial charge in [-0.3, -0.25) is 9.69 Å². The summed E-state index contributed by atoms with van der Waals surface area (Å²) in [6.45, 7) is 2.52. The first kappa shape index (κ1) is 16.7. The molecule has 0 aliphatic carbocycles. The zero-order valence-electron chi connectivity index (χ0n) is 13.7. The summed E-state index contributed by atoms with van der Waals surface area (Å²) in [6, 6.07) is 11.7. The van der Waals surface area contributed by atoms with Crippen molar-refractivity contribution >= 4 is 23.3 Å². The number of nitrogens with zero attached hydrogens (tertiary/aromatic N) is 4. The first-order chi connectivity index (χ1) is 11.6. The Hall–Kier alpha value is -2.18. The van der Waals surface area contributed by atoms with Crippen molar-refractivity contribution in [2.75, 3.05) is 38.6 Å². The van der Waals surface area contributed by atoms with E-state index in [4.69, 9.17) is 11.6 Å². The maximum atomic E-state index is 11.6. The van der Waals surface area contributed by atoms with Crippen LogP contribution >= 0.6 is 11.6 Å². The van der Waals surface area contributed by atoms with Crippen molar-refractivity contribution in [2.45, 2.75) is 6.04 Å². The Balaban J connectivity index is 1.80. The van der Waals surface area contributed by atoms with Gasteiger partial charge in [0.15, 0.2) is 11.5 Å². The van der Waals surface area contributed by atoms with Crippen LogP contribution in [0.1, 0.15) is 22.1 Å². The number of anilines is 1. The molecule has 1 unspecified atom stereocenters. The number of hydrogen-bond donors (Lipinski definition) is 1. The standard InChI is InChI=1S/C17H20ClN5O/c1-19-17(24)14-7-8-16(21-20-14)23-10-9-22(2)15(11-23)12-5-3-4-6-13(12)18/h3-8,15H,9-11H2,1-2H3,(H,19,24). The molecule has 1 aliphatic heterocycles. The Bertz CT molecular complexity index is 721. The molecule has 1 aromatic carbocycles. The second kappa shape index (κ2) is 7.15. The number of carbonyl (C=O) groups is 1. The molecule has 3 rings (SSSR count). The molecule has 1 N–H and O–H groups in total. The largest absolute Gasteiger partial charge is 0.354 e. The van der Waals surface area contributed by atoms with Crippen LogP contribution in [-0.4, -0.2) is 54.7 Å². The summed E-state index contributed by atoms with van der Waals surface area (Å²) in [4.78, 5) is 16.0. The maximum absolute atomic E-state index is 11.6. The van der Waals surface area contributed by atoms with Crippen molar-refractivity contribution in [3.8, 4) is 0 Å². The lowest BCUT2D eigenvalue weighted by atomic mass is 10.0. The highest BCUT2D eigenvalue weighted by Crippen LogP contribution is 2.30. The normalized spacial score (nSPS) is 18.5. The molecule has 1 aromatic heterocycles. The fraction of sp³-hybridized carbons (Fsp3) is 0.353. The number of rotatable bonds is 3. The molecule has 1 amide bonds. The fourth-order valence-corrected chi connectivity index (χ4v) is 3.17. The Morgan fingerprint density at radius 1 is 1.21 bits per heavy atom. The molecule has 6 nitrogen and oxygen atoms in total. The molecule has 24 heavy (non-hydrogen) atoms. The lowest BCUT2D eigenvalue weighted by molar-refractivity contribution is 0.0957. The summed E-state index contributed by atoms with van der Waals surface area (Å²) >= 11 is 6.37. The van der Waals surface area contributed by atoms with E-state index in [1.54, 1.807) is 13.1 Å². The smallest absolute Gasteiger partial charge is 0.271 e. The molecule has 2 aromatic rings. The Morgan fingerprint density at radius 2 is 2.00 bits per heavy atom. The van der Waals surface area contributed by atoms with Crippen LogP contribution in [-0.2, 0) is 0 Å². The molecule has 126 valence electrons. The van der Waals surface area contributed by atoms with Gasteiger partial charge in [-0.05, 0) is 30.8 Å². The number of benzene rings is 1. The highest BCUT2D eigenvalue weighted by Gasteiger charge is 2.28. The molecule has 1 fully saturated rings. The van der Waals surface area contributed by atoms with Gasteiger partial charge in [0.05, 0.1) is 6.04 Å². The quantitative estimate of drug-likeness (QED) is 0.921. The zero-order chi connectivity index (χ0) is 17.1. The number of amides is 1. The van der Waals surface area contributed by atoms with Crippen molar-refractivity contribution in [1.29, 1.82) is 0 Å². The van der Waals surface area contributed by atoms with E-state index in [0.717, 1.165) is 36.0 Å². The van der Waals surface area contributed by atoms with E-state index in [9.17, 15) is 4.79 Å². The lowest BCUT2D eigenvalue weighted by Crippen LogP contribution is -2.47. The van der Waals surface area contributed by atoms with E-state index >= 15 is 0 Å². The average molecular weight is 346 g/mol. The average Bonchev–Trinajstić information content (AvgIpc) is 2.62. The number of aromatic nitrogens is 2. The van der Waals surface area contributed by atoms with Crippen molar-refractivity contribution in [3.05, 3.63) is 52.7 Å². The number of carbonyl (C=O) groups excluding carboxylic acids is 1. The summed E-state index contributed by atoms with van der Waals surface area (Å²) in [7, 11) is 3.68. The van der Waals surface area contributed by atoms with Gasteiger partial charge >= 0.3 is 0 Å². The second-order valence-electron chi connectivity index (χ2n) is 5.82. The molecular formula is C17H20ClN5O. The molecule has 2 heterocycles. The van der Waals surface area contributed by atoms with Crippen LogP contribution in [0.5, 0.6) is 0 Å². The van der Waals surface area contributed by atoms with E-state index in [2.05, 4.69) is 38.4 Å². The van der Waals surface area contributed by atoms with Crippen LogP contribution < -0.4 is 10.2 Å². The molecule has 1 aliphatic rings. The summed E-state index contributed by atoms with van der Waals surface area (Å²) in [5.41, 5.74) is 1.43. The van der Waals surface area contributed by atoms with Gasteiger partial charge in [-0.2, -0.15) is 0 Å². The fourth-order valence-electron chi connectivity index (χ4n) is 2.91. The number of halogens is 1. The minimum absolute atomic E-state index is 0.188. The predicted molar refractivity (Wildman–Crippen MR) is 94.5 cm³/mol. The van der Waals surface area contributed by atoms with Gasteiger partial charge in [-0.1, -0.05) is 29.8 Å². The first-order valence-corrected chi connectivity index (χ1v) is 8.23. The molecule has 7 heteroatoms. The van der Waals surface area contributed by atoms with Crippen LogP contribution in [0, 0.1) is 0 Å². The van der Waals surface area contributed by atoms with Gasteiger partial charge in [0.25, 0.3) is 5.91 Å². The minimum Gasteiger partial charge on any atom is -0.354 e. The third-order valence-corrected chi connectivity index (χ3v) is 4.69. The maximum Gasteiger partial charge on any atom is 0.271 e. The topological polar surface area (TPSA) is 61.4 Å². The van der Waals surface area contributed by atoms with Crippen LogP contribution in [0.3, 0.4) is 0 Å². The molecule has 1 atom stereocenters. The summed E-state index contributed by atoms with van der Waals surface area (Å²) < 4.78 is 0. The molecular weight excluding hydrogens is 326 g/mol. The van der Waals surface area contributed by atoms with E-state index < -0.39 is 0 Å². The molecule has 0 spiro atoms. The third-order valence-electron chi connectivity index (χ3n) is 4.35. The number of hydrogen-bond acceptors (Lipinski definition) is 5. The molecule has 1 saturated heterocycles. The monoisotopic (exact) mass is 345 g/mol. The van der Waals surface area contributed by atoms with Crippen LogP contribution in [0.15, 0.2) is 36.4 Å². The van der Waals surface area contributed by atoms with Crippen molar-refractivity contribution in [3.63, 3.8) is 0 Å². The number of nitrogens with one attached hydrogen (secondary N) is 1. The van der Waals surface area contributed by atoms with Gasteiger partial charge in [0.1, 0.15) is 0 Å². The van der Waals surface area contributed by atoms with E-state index in [0.29, 0.717) is 5.69 Å². The van der Waals surface area contributed by atoms with Crippen LogP contribution in [0.4, 0.5) is 5.82 Å². The Morgan fingerprint density at radius 3 is 2.67 bits per heavy atom. The van der Waals surface area contributed by atoms with E-state index in [-0.39, 0.29) is 11.9 Å². The van der Waals surface area contributed by atoms with Crippen molar-refractivity contribution < 1.29 is 4.79 Å². The Kier molecular flexibility index (Phi) is 4.97. The van der Waals surface area contributed by atoms with Crippen molar-refractivity contribution in [1.82, 2.24) is 20.4 Å². The van der Waals surface area contributed by atoms with E-state index in [1.807, 2.05) is 24.3 Å². The minimum atomic E-state index is -0.235. The van der Waals surface area contributed by atoms with Gasteiger partial charge in [0.2, 0.25) is 0 Å². The zero-order valence-corrected chi connectivity index (χ0v) is 14.5. The lowest BCUT2D eigenvalue weighted by Gasteiger charge is -2.40. The van der Waals surface area contributed by atoms with Gasteiger partial charge in [-0.25, -0.2) is 0 Å². The van der Waals surface area contributed by atoms with E-state index in [1.165, 1.54) is 0 Å². The second-order valence-corrected chi connectivity index (χ2v) is 6.23. The summed E-state index contributed by atoms with van der Waals surface area (Å²) in [6.07, 6.45) is 0. The summed E-state index contributed by atoms with van der Waals surface area (Å²) in [5.74, 6) is 0.536. The number of likely N-dealkylation sites (N-methyl/N-ethyl adjacent to an activating group) is 1. The Labute approximate surface area is 146 Å².